The number of nitrogens with one attached hydrogen (secondary N) is 2. The number of benzene rings is 4. The van der Waals surface area contributed by atoms with Crippen LogP contribution in [0, 0.1) is 13.8 Å². The van der Waals surface area contributed by atoms with Crippen LogP contribution in [0.1, 0.15) is 11.1 Å². The van der Waals surface area contributed by atoms with E-state index in [-0.39, 0.29) is 0 Å². The summed E-state index contributed by atoms with van der Waals surface area (Å²) in [7, 11) is 0. The highest BCUT2D eigenvalue weighted by atomic mass is 14.9. The fourth-order valence-electron chi connectivity index (χ4n) is 3.18. The minimum absolute atomic E-state index is 1.06. The van der Waals surface area contributed by atoms with E-state index in [9.17, 15) is 0 Å². The van der Waals surface area contributed by atoms with Crippen molar-refractivity contribution in [2.45, 2.75) is 13.8 Å². The van der Waals surface area contributed by atoms with Crippen LogP contribution in [-0.2, 0) is 0 Å². The van der Waals surface area contributed by atoms with Crippen LogP contribution in [0.15, 0.2) is 97.1 Å². The van der Waals surface area contributed by atoms with Gasteiger partial charge >= 0.3 is 0 Å². The zero-order chi connectivity index (χ0) is 19.3. The minimum Gasteiger partial charge on any atom is -0.355 e. The summed E-state index contributed by atoms with van der Waals surface area (Å²) in [6.07, 6.45) is 0. The monoisotopic (exact) mass is 364 g/mol. The third-order valence-corrected chi connectivity index (χ3v) is 4.72. The van der Waals surface area contributed by atoms with Crippen LogP contribution in [-0.4, -0.2) is 0 Å². The standard InChI is InChI=1S/C26H24N2/c1-19-8-12-23(13-9-19)27-25-16-22(21-6-4-3-5-7-21)17-26(18-25)28-24-14-10-20(2)11-15-24/h3-18,27-28H,1-2H3. The van der Waals surface area contributed by atoms with E-state index in [1.54, 1.807) is 0 Å². The molecule has 4 rings (SSSR count). The van der Waals surface area contributed by atoms with Gasteiger partial charge in [0.1, 0.15) is 0 Å². The summed E-state index contributed by atoms with van der Waals surface area (Å²) in [5, 5.41) is 7.07. The third-order valence-electron chi connectivity index (χ3n) is 4.72. The molecule has 138 valence electrons. The van der Waals surface area contributed by atoms with E-state index in [1.165, 1.54) is 22.3 Å². The van der Waals surface area contributed by atoms with Crippen molar-refractivity contribution < 1.29 is 0 Å². The van der Waals surface area contributed by atoms with Gasteiger partial charge in [0.2, 0.25) is 0 Å². The highest BCUT2D eigenvalue weighted by Gasteiger charge is 2.05. The Kier molecular flexibility index (Phi) is 5.11. The summed E-state index contributed by atoms with van der Waals surface area (Å²) < 4.78 is 0. The Morgan fingerprint density at radius 3 is 1.36 bits per heavy atom. The summed E-state index contributed by atoms with van der Waals surface area (Å²) in [5.74, 6) is 0. The van der Waals surface area contributed by atoms with Gasteiger partial charge in [0.05, 0.1) is 0 Å². The topological polar surface area (TPSA) is 24.1 Å². The first-order chi connectivity index (χ1) is 13.7. The van der Waals surface area contributed by atoms with E-state index >= 15 is 0 Å². The molecular weight excluding hydrogens is 340 g/mol. The first-order valence-corrected chi connectivity index (χ1v) is 9.54. The van der Waals surface area contributed by atoms with E-state index in [2.05, 4.69) is 115 Å². The lowest BCUT2D eigenvalue weighted by molar-refractivity contribution is 1.44. The number of anilines is 4. The van der Waals surface area contributed by atoms with Crippen molar-refractivity contribution >= 4 is 22.7 Å². The van der Waals surface area contributed by atoms with Gasteiger partial charge in [-0.3, -0.25) is 0 Å². The lowest BCUT2D eigenvalue weighted by Crippen LogP contribution is -1.95. The molecule has 0 fully saturated rings. The van der Waals surface area contributed by atoms with Crippen LogP contribution < -0.4 is 10.6 Å². The fourth-order valence-corrected chi connectivity index (χ4v) is 3.18. The van der Waals surface area contributed by atoms with Gasteiger partial charge in [-0.2, -0.15) is 0 Å². The van der Waals surface area contributed by atoms with Crippen molar-refractivity contribution in [1.82, 2.24) is 0 Å². The first-order valence-electron chi connectivity index (χ1n) is 9.54. The number of aryl methyl sites for hydroxylation is 2. The molecule has 0 aromatic heterocycles. The second-order valence-corrected chi connectivity index (χ2v) is 7.15. The van der Waals surface area contributed by atoms with Crippen LogP contribution in [0.4, 0.5) is 22.7 Å². The Hall–Kier alpha value is -3.52. The average Bonchev–Trinajstić information content (AvgIpc) is 2.72. The summed E-state index contributed by atoms with van der Waals surface area (Å²) in [5.41, 5.74) is 9.15. The van der Waals surface area contributed by atoms with Crippen LogP contribution in [0.25, 0.3) is 11.1 Å². The number of rotatable bonds is 5. The van der Waals surface area contributed by atoms with Crippen molar-refractivity contribution in [3.8, 4) is 11.1 Å². The molecule has 2 heteroatoms. The Labute approximate surface area is 166 Å². The molecular formula is C26H24N2. The van der Waals surface area contributed by atoms with Gasteiger partial charge in [-0.25, -0.2) is 0 Å². The van der Waals surface area contributed by atoms with E-state index in [1.807, 2.05) is 6.07 Å². The second-order valence-electron chi connectivity index (χ2n) is 7.15. The first kappa shape index (κ1) is 17.9. The molecule has 0 saturated heterocycles. The fraction of sp³-hybridized carbons (Fsp3) is 0.0769. The van der Waals surface area contributed by atoms with Crippen molar-refractivity contribution in [3.63, 3.8) is 0 Å². The largest absolute Gasteiger partial charge is 0.355 e. The molecule has 4 aromatic carbocycles. The maximum Gasteiger partial charge on any atom is 0.0411 e. The van der Waals surface area contributed by atoms with Gasteiger partial charge in [-0.15, -0.1) is 0 Å². The third kappa shape index (κ3) is 4.41. The molecule has 0 aliphatic carbocycles. The van der Waals surface area contributed by atoms with E-state index in [0.717, 1.165) is 22.7 Å². The average molecular weight is 364 g/mol. The number of hydrogen-bond donors (Lipinski definition) is 2. The van der Waals surface area contributed by atoms with Crippen molar-refractivity contribution in [2.75, 3.05) is 10.6 Å². The molecule has 28 heavy (non-hydrogen) atoms. The summed E-state index contributed by atoms with van der Waals surface area (Å²) in [6, 6.07) is 33.9. The van der Waals surface area contributed by atoms with Crippen molar-refractivity contribution in [1.29, 1.82) is 0 Å². The van der Waals surface area contributed by atoms with Gasteiger partial charge in [0, 0.05) is 22.7 Å². The zero-order valence-corrected chi connectivity index (χ0v) is 16.2. The minimum atomic E-state index is 1.06. The van der Waals surface area contributed by atoms with Crippen molar-refractivity contribution in [2.24, 2.45) is 0 Å². The van der Waals surface area contributed by atoms with Crippen LogP contribution in [0.3, 0.4) is 0 Å². The van der Waals surface area contributed by atoms with Gasteiger partial charge < -0.3 is 10.6 Å². The van der Waals surface area contributed by atoms with Gasteiger partial charge in [-0.05, 0) is 67.4 Å². The van der Waals surface area contributed by atoms with Crippen molar-refractivity contribution in [3.05, 3.63) is 108 Å². The lowest BCUT2D eigenvalue weighted by Gasteiger charge is -2.14. The van der Waals surface area contributed by atoms with Crippen LogP contribution in [0.5, 0.6) is 0 Å². The molecule has 2 nitrogen and oxygen atoms in total. The Morgan fingerprint density at radius 1 is 0.429 bits per heavy atom. The normalized spacial score (nSPS) is 10.5. The SMILES string of the molecule is Cc1ccc(Nc2cc(Nc3ccc(C)cc3)cc(-c3ccccc3)c2)cc1. The molecule has 0 saturated carbocycles. The molecule has 0 aliphatic heterocycles. The molecule has 0 atom stereocenters. The van der Waals surface area contributed by atoms with E-state index in [0.29, 0.717) is 0 Å². The quantitative estimate of drug-likeness (QED) is 0.384. The Morgan fingerprint density at radius 2 is 0.893 bits per heavy atom. The van der Waals surface area contributed by atoms with Crippen LogP contribution in [0.2, 0.25) is 0 Å². The summed E-state index contributed by atoms with van der Waals surface area (Å²) >= 11 is 0. The van der Waals surface area contributed by atoms with Gasteiger partial charge in [0.15, 0.2) is 0 Å². The van der Waals surface area contributed by atoms with Gasteiger partial charge in [0.25, 0.3) is 0 Å². The zero-order valence-electron chi connectivity index (χ0n) is 16.2. The molecule has 4 aromatic rings. The van der Waals surface area contributed by atoms with Gasteiger partial charge in [-0.1, -0.05) is 65.7 Å². The highest BCUT2D eigenvalue weighted by Crippen LogP contribution is 2.30. The molecule has 0 spiro atoms. The molecule has 0 heterocycles. The van der Waals surface area contributed by atoms with E-state index in [4.69, 9.17) is 0 Å². The summed E-state index contributed by atoms with van der Waals surface area (Å²) in [6.45, 7) is 4.20. The molecule has 0 amide bonds. The molecule has 2 N–H and O–H groups in total. The second kappa shape index (κ2) is 8.01. The predicted octanol–water partition coefficient (Wildman–Crippen LogP) is 7.46. The molecule has 0 unspecified atom stereocenters. The Balaban J connectivity index is 1.70. The predicted molar refractivity (Wildman–Crippen MR) is 121 cm³/mol. The number of hydrogen-bond acceptors (Lipinski definition) is 2. The van der Waals surface area contributed by atoms with E-state index < -0.39 is 0 Å². The summed E-state index contributed by atoms with van der Waals surface area (Å²) in [4.78, 5) is 0. The molecule has 0 aliphatic rings. The Bertz CT molecular complexity index is 984. The highest BCUT2D eigenvalue weighted by molar-refractivity contribution is 5.78. The maximum absolute atomic E-state index is 3.54. The molecule has 0 radical (unpaired) electrons. The lowest BCUT2D eigenvalue weighted by atomic mass is 10.0. The maximum atomic E-state index is 3.54. The molecule has 0 bridgehead atoms. The smallest absolute Gasteiger partial charge is 0.0411 e. The van der Waals surface area contributed by atoms with Crippen LogP contribution >= 0.6 is 0 Å².